The van der Waals surface area contributed by atoms with E-state index in [1.54, 1.807) is 14.2 Å². The lowest BCUT2D eigenvalue weighted by molar-refractivity contribution is 0.290. The Morgan fingerprint density at radius 3 is 2.18 bits per heavy atom. The Labute approximate surface area is 102 Å². The monoisotopic (exact) mass is 229 g/mol. The van der Waals surface area contributed by atoms with Crippen LogP contribution in [0.1, 0.15) is 0 Å². The van der Waals surface area contributed by atoms with Gasteiger partial charge in [0.2, 0.25) is 0 Å². The highest BCUT2D eigenvalue weighted by atomic mass is 16.6. The molecule has 0 atom stereocenters. The van der Waals surface area contributed by atoms with E-state index in [1.165, 1.54) is 5.56 Å². The van der Waals surface area contributed by atoms with E-state index in [-0.39, 0.29) is 7.12 Å². The van der Waals surface area contributed by atoms with Crippen molar-refractivity contribution < 1.29 is 9.31 Å². The Hall–Kier alpha value is -1.52. The summed E-state index contributed by atoms with van der Waals surface area (Å²) in [4.78, 5) is 0. The molecule has 3 nitrogen and oxygen atoms in total. The van der Waals surface area contributed by atoms with Crippen LogP contribution < -0.4 is 5.59 Å². The van der Waals surface area contributed by atoms with Crippen molar-refractivity contribution in [3.05, 3.63) is 42.5 Å². The average molecular weight is 229 g/mol. The first kappa shape index (κ1) is 12.0. The zero-order valence-electron chi connectivity index (χ0n) is 10.4. The van der Waals surface area contributed by atoms with Crippen molar-refractivity contribution in [3.8, 4) is 11.3 Å². The van der Waals surface area contributed by atoms with Crippen LogP contribution in [0.15, 0.2) is 42.5 Å². The van der Waals surface area contributed by atoms with Gasteiger partial charge in [-0.1, -0.05) is 30.3 Å². The molecule has 1 aromatic carbocycles. The highest BCUT2D eigenvalue weighted by Crippen LogP contribution is 2.17. The van der Waals surface area contributed by atoms with Gasteiger partial charge in [-0.15, -0.1) is 0 Å². The molecule has 0 amide bonds. The minimum atomic E-state index is -0.322. The highest BCUT2D eigenvalue weighted by molar-refractivity contribution is 6.60. The Bertz CT molecular complexity index is 477. The van der Waals surface area contributed by atoms with E-state index in [2.05, 4.69) is 22.8 Å². The number of nitrogens with zero attached hydrogens (tertiary/aromatic N) is 1. The molecule has 0 aliphatic heterocycles. The van der Waals surface area contributed by atoms with Crippen LogP contribution in [0.5, 0.6) is 0 Å². The van der Waals surface area contributed by atoms with Crippen LogP contribution >= 0.6 is 0 Å². The van der Waals surface area contributed by atoms with E-state index < -0.39 is 0 Å². The molecule has 0 saturated heterocycles. The second-order valence-electron chi connectivity index (χ2n) is 3.87. The second-order valence-corrected chi connectivity index (χ2v) is 3.87. The number of rotatable bonds is 4. The maximum atomic E-state index is 5.27. The predicted octanol–water partition coefficient (Wildman–Crippen LogP) is 1.68. The van der Waals surface area contributed by atoms with E-state index in [1.807, 2.05) is 31.3 Å². The van der Waals surface area contributed by atoms with Crippen LogP contribution in [0.25, 0.3) is 11.3 Å². The van der Waals surface area contributed by atoms with Crippen molar-refractivity contribution in [2.24, 2.45) is 7.05 Å². The Morgan fingerprint density at radius 1 is 0.941 bits per heavy atom. The van der Waals surface area contributed by atoms with Gasteiger partial charge in [0, 0.05) is 32.6 Å². The summed E-state index contributed by atoms with van der Waals surface area (Å²) in [7, 11) is 4.98. The molecule has 1 aromatic heterocycles. The standard InChI is InChI=1S/C13H16BNO2/c1-15-12(11-7-5-4-6-8-11)9-10-13(15)14(16-2)17-3/h4-10H,1-3H3. The molecule has 2 rings (SSSR count). The molecule has 0 N–H and O–H groups in total. The summed E-state index contributed by atoms with van der Waals surface area (Å²) in [6.07, 6.45) is 0. The molecule has 88 valence electrons. The molecule has 0 saturated carbocycles. The largest absolute Gasteiger partial charge is 0.510 e. The van der Waals surface area contributed by atoms with Crippen LogP contribution in [0.4, 0.5) is 0 Å². The van der Waals surface area contributed by atoms with Gasteiger partial charge >= 0.3 is 7.12 Å². The first-order chi connectivity index (χ1) is 8.27. The summed E-state index contributed by atoms with van der Waals surface area (Å²) in [5, 5.41) is 0. The fraction of sp³-hybridized carbons (Fsp3) is 0.231. The summed E-state index contributed by atoms with van der Waals surface area (Å²) < 4.78 is 12.6. The van der Waals surface area contributed by atoms with Crippen LogP contribution in [-0.2, 0) is 16.4 Å². The molecule has 0 fully saturated rings. The van der Waals surface area contributed by atoms with Crippen molar-refractivity contribution in [1.29, 1.82) is 0 Å². The minimum absolute atomic E-state index is 0.322. The number of aromatic nitrogens is 1. The fourth-order valence-electron chi connectivity index (χ4n) is 2.00. The van der Waals surface area contributed by atoms with Crippen LogP contribution in [0, 0.1) is 0 Å². The lowest BCUT2D eigenvalue weighted by atomic mass is 9.85. The molecule has 17 heavy (non-hydrogen) atoms. The number of hydrogen-bond acceptors (Lipinski definition) is 2. The third kappa shape index (κ3) is 2.28. The normalized spacial score (nSPS) is 10.5. The van der Waals surface area contributed by atoms with Crippen molar-refractivity contribution in [2.75, 3.05) is 14.2 Å². The zero-order chi connectivity index (χ0) is 12.3. The van der Waals surface area contributed by atoms with Crippen LogP contribution in [0.2, 0.25) is 0 Å². The van der Waals surface area contributed by atoms with Crippen molar-refractivity contribution >= 4 is 12.7 Å². The molecular formula is C13H16BNO2. The smallest absolute Gasteiger partial charge is 0.409 e. The van der Waals surface area contributed by atoms with Gasteiger partial charge in [-0.05, 0) is 17.7 Å². The van der Waals surface area contributed by atoms with Gasteiger partial charge in [-0.3, -0.25) is 0 Å². The maximum Gasteiger partial charge on any atom is 0.510 e. The van der Waals surface area contributed by atoms with Gasteiger partial charge in [0.1, 0.15) is 0 Å². The van der Waals surface area contributed by atoms with Crippen molar-refractivity contribution in [3.63, 3.8) is 0 Å². The van der Waals surface area contributed by atoms with Gasteiger partial charge < -0.3 is 13.9 Å². The summed E-state index contributed by atoms with van der Waals surface area (Å²) >= 11 is 0. The molecule has 1 heterocycles. The molecule has 0 bridgehead atoms. The van der Waals surface area contributed by atoms with Gasteiger partial charge in [0.25, 0.3) is 0 Å². The Balaban J connectivity index is 2.39. The van der Waals surface area contributed by atoms with E-state index in [0.717, 1.165) is 11.3 Å². The van der Waals surface area contributed by atoms with E-state index in [9.17, 15) is 0 Å². The average Bonchev–Trinajstić information content (AvgIpc) is 2.75. The van der Waals surface area contributed by atoms with Gasteiger partial charge in [0.05, 0.1) is 0 Å². The second kappa shape index (κ2) is 5.21. The Morgan fingerprint density at radius 2 is 1.59 bits per heavy atom. The van der Waals surface area contributed by atoms with Gasteiger partial charge in [-0.2, -0.15) is 0 Å². The van der Waals surface area contributed by atoms with E-state index in [4.69, 9.17) is 9.31 Å². The lowest BCUT2D eigenvalue weighted by Gasteiger charge is -2.11. The predicted molar refractivity (Wildman–Crippen MR) is 70.3 cm³/mol. The molecule has 0 aliphatic carbocycles. The van der Waals surface area contributed by atoms with E-state index in [0.29, 0.717) is 0 Å². The lowest BCUT2D eigenvalue weighted by Crippen LogP contribution is -2.39. The SMILES string of the molecule is COB(OC)c1ccc(-c2ccccc2)n1C. The first-order valence-electron chi connectivity index (χ1n) is 5.54. The van der Waals surface area contributed by atoms with Gasteiger partial charge in [0.15, 0.2) is 0 Å². The topological polar surface area (TPSA) is 23.4 Å². The third-order valence-corrected chi connectivity index (χ3v) is 2.90. The maximum absolute atomic E-state index is 5.27. The molecule has 0 spiro atoms. The third-order valence-electron chi connectivity index (χ3n) is 2.90. The van der Waals surface area contributed by atoms with Crippen molar-refractivity contribution in [1.82, 2.24) is 4.57 Å². The molecule has 0 unspecified atom stereocenters. The number of hydrogen-bond donors (Lipinski definition) is 0. The number of benzene rings is 1. The van der Waals surface area contributed by atoms with Gasteiger partial charge in [-0.25, -0.2) is 0 Å². The summed E-state index contributed by atoms with van der Waals surface area (Å²) in [6, 6.07) is 14.4. The molecule has 0 radical (unpaired) electrons. The highest BCUT2D eigenvalue weighted by Gasteiger charge is 2.22. The first-order valence-corrected chi connectivity index (χ1v) is 5.54. The van der Waals surface area contributed by atoms with Crippen LogP contribution in [-0.4, -0.2) is 25.9 Å². The quantitative estimate of drug-likeness (QED) is 0.744. The zero-order valence-corrected chi connectivity index (χ0v) is 10.4. The summed E-state index contributed by atoms with van der Waals surface area (Å²) in [6.45, 7) is 0. The fourth-order valence-corrected chi connectivity index (χ4v) is 2.00. The molecule has 2 aromatic rings. The van der Waals surface area contributed by atoms with E-state index >= 15 is 0 Å². The molecule has 0 aliphatic rings. The summed E-state index contributed by atoms with van der Waals surface area (Å²) in [5.74, 6) is 0. The van der Waals surface area contributed by atoms with Crippen molar-refractivity contribution in [2.45, 2.75) is 0 Å². The Kier molecular flexibility index (Phi) is 3.66. The molecule has 4 heteroatoms. The summed E-state index contributed by atoms with van der Waals surface area (Å²) in [5.41, 5.74) is 3.35. The minimum Gasteiger partial charge on any atom is -0.409 e. The van der Waals surface area contributed by atoms with Crippen LogP contribution in [0.3, 0.4) is 0 Å². The molecular weight excluding hydrogens is 213 g/mol.